The van der Waals surface area contributed by atoms with Crippen LogP contribution in [-0.4, -0.2) is 4.98 Å². The summed E-state index contributed by atoms with van der Waals surface area (Å²) in [6, 6.07) is 7.79. The number of nitrogen functional groups attached to an aromatic ring is 1. The Morgan fingerprint density at radius 2 is 1.94 bits per heavy atom. The lowest BCUT2D eigenvalue weighted by atomic mass is 10.4. The molecule has 2 N–H and O–H groups in total. The number of hydrogen-bond acceptors (Lipinski definition) is 3. The van der Waals surface area contributed by atoms with Crippen molar-refractivity contribution in [3.63, 3.8) is 0 Å². The average molecular weight is 255 g/mol. The van der Waals surface area contributed by atoms with Crippen LogP contribution in [-0.2, 0) is 0 Å². The Balaban J connectivity index is 2.23. The lowest BCUT2D eigenvalue weighted by Crippen LogP contribution is -1.91. The van der Waals surface area contributed by atoms with E-state index in [0.29, 0.717) is 15.7 Å². The number of aromatic nitrogens is 1. The van der Waals surface area contributed by atoms with Gasteiger partial charge in [-0.15, -0.1) is 0 Å². The van der Waals surface area contributed by atoms with Crippen molar-refractivity contribution in [3.8, 4) is 0 Å². The molecule has 0 spiro atoms. The van der Waals surface area contributed by atoms with Crippen molar-refractivity contribution >= 4 is 29.1 Å². The molecule has 0 unspecified atom stereocenters. The number of halogens is 2. The van der Waals surface area contributed by atoms with Crippen LogP contribution in [0.1, 0.15) is 0 Å². The highest BCUT2D eigenvalue weighted by molar-refractivity contribution is 7.99. The number of pyridine rings is 1. The van der Waals surface area contributed by atoms with Gasteiger partial charge in [-0.25, -0.2) is 9.37 Å². The van der Waals surface area contributed by atoms with Gasteiger partial charge in [0.1, 0.15) is 10.8 Å². The van der Waals surface area contributed by atoms with Crippen LogP contribution in [0.15, 0.2) is 46.5 Å². The summed E-state index contributed by atoms with van der Waals surface area (Å²) < 4.78 is 12.7. The SMILES string of the molecule is Nc1cc(Cl)cnc1Sc1ccc(F)cc1. The number of benzene rings is 1. The highest BCUT2D eigenvalue weighted by Crippen LogP contribution is 2.31. The van der Waals surface area contributed by atoms with Crippen LogP contribution >= 0.6 is 23.4 Å². The van der Waals surface area contributed by atoms with E-state index in [-0.39, 0.29) is 5.82 Å². The van der Waals surface area contributed by atoms with E-state index in [0.717, 1.165) is 4.90 Å². The first-order valence-corrected chi connectivity index (χ1v) is 5.69. The lowest BCUT2D eigenvalue weighted by Gasteiger charge is -2.04. The number of anilines is 1. The second kappa shape index (κ2) is 4.72. The van der Waals surface area contributed by atoms with Crippen molar-refractivity contribution < 1.29 is 4.39 Å². The first kappa shape index (κ1) is 11.2. The molecule has 82 valence electrons. The number of nitrogens with zero attached hydrogens (tertiary/aromatic N) is 1. The third kappa shape index (κ3) is 2.65. The Hall–Kier alpha value is -1.26. The molecule has 0 bridgehead atoms. The van der Waals surface area contributed by atoms with Gasteiger partial charge >= 0.3 is 0 Å². The Morgan fingerprint density at radius 3 is 2.56 bits per heavy atom. The van der Waals surface area contributed by atoms with E-state index in [9.17, 15) is 4.39 Å². The minimum absolute atomic E-state index is 0.263. The van der Waals surface area contributed by atoms with E-state index in [1.165, 1.54) is 30.1 Å². The minimum atomic E-state index is -0.263. The van der Waals surface area contributed by atoms with Gasteiger partial charge in [-0.2, -0.15) is 0 Å². The molecule has 0 fully saturated rings. The Kier molecular flexibility index (Phi) is 3.31. The van der Waals surface area contributed by atoms with Gasteiger partial charge in [-0.05, 0) is 30.3 Å². The lowest BCUT2D eigenvalue weighted by molar-refractivity contribution is 0.626. The summed E-state index contributed by atoms with van der Waals surface area (Å²) in [6.45, 7) is 0. The zero-order chi connectivity index (χ0) is 11.5. The summed E-state index contributed by atoms with van der Waals surface area (Å²) in [5, 5.41) is 1.16. The second-order valence-corrected chi connectivity index (χ2v) is 4.60. The molecule has 1 aromatic carbocycles. The smallest absolute Gasteiger partial charge is 0.124 e. The third-order valence-electron chi connectivity index (χ3n) is 1.87. The van der Waals surface area contributed by atoms with E-state index >= 15 is 0 Å². The Bertz CT molecular complexity index is 502. The van der Waals surface area contributed by atoms with Crippen molar-refractivity contribution in [1.82, 2.24) is 4.98 Å². The van der Waals surface area contributed by atoms with Crippen LogP contribution in [0.2, 0.25) is 5.02 Å². The fourth-order valence-corrected chi connectivity index (χ4v) is 2.09. The average Bonchev–Trinajstić information content (AvgIpc) is 2.25. The van der Waals surface area contributed by atoms with Crippen molar-refractivity contribution in [1.29, 1.82) is 0 Å². The van der Waals surface area contributed by atoms with Gasteiger partial charge in [0.2, 0.25) is 0 Å². The van der Waals surface area contributed by atoms with Crippen LogP contribution in [0.5, 0.6) is 0 Å². The van der Waals surface area contributed by atoms with E-state index in [2.05, 4.69) is 4.98 Å². The van der Waals surface area contributed by atoms with Gasteiger partial charge < -0.3 is 5.73 Å². The van der Waals surface area contributed by atoms with Crippen LogP contribution in [0, 0.1) is 5.82 Å². The highest BCUT2D eigenvalue weighted by Gasteiger charge is 2.04. The van der Waals surface area contributed by atoms with Gasteiger partial charge in [0.15, 0.2) is 0 Å². The molecule has 0 saturated carbocycles. The standard InChI is InChI=1S/C11H8ClFN2S/c12-7-5-10(14)11(15-6-7)16-9-3-1-8(13)2-4-9/h1-6H,14H2. The zero-order valence-electron chi connectivity index (χ0n) is 8.15. The topological polar surface area (TPSA) is 38.9 Å². The fourth-order valence-electron chi connectivity index (χ4n) is 1.14. The molecule has 1 heterocycles. The van der Waals surface area contributed by atoms with Gasteiger partial charge in [0, 0.05) is 11.1 Å². The predicted molar refractivity (Wildman–Crippen MR) is 64.2 cm³/mol. The number of rotatable bonds is 2. The van der Waals surface area contributed by atoms with E-state index in [1.54, 1.807) is 18.2 Å². The third-order valence-corrected chi connectivity index (χ3v) is 3.12. The van der Waals surface area contributed by atoms with E-state index in [4.69, 9.17) is 17.3 Å². The van der Waals surface area contributed by atoms with Crippen molar-refractivity contribution in [2.75, 3.05) is 5.73 Å². The molecule has 0 atom stereocenters. The molecule has 2 rings (SSSR count). The van der Waals surface area contributed by atoms with E-state index in [1.807, 2.05) is 0 Å². The maximum Gasteiger partial charge on any atom is 0.124 e. The zero-order valence-corrected chi connectivity index (χ0v) is 9.73. The minimum Gasteiger partial charge on any atom is -0.396 e. The molecule has 0 radical (unpaired) electrons. The molecule has 5 heteroatoms. The Morgan fingerprint density at radius 1 is 1.25 bits per heavy atom. The molecule has 16 heavy (non-hydrogen) atoms. The quantitative estimate of drug-likeness (QED) is 0.890. The second-order valence-electron chi connectivity index (χ2n) is 3.10. The van der Waals surface area contributed by atoms with Crippen molar-refractivity contribution in [2.24, 2.45) is 0 Å². The molecule has 0 saturated heterocycles. The summed E-state index contributed by atoms with van der Waals surface area (Å²) in [5.41, 5.74) is 6.27. The largest absolute Gasteiger partial charge is 0.396 e. The summed E-state index contributed by atoms with van der Waals surface area (Å²) in [5.74, 6) is -0.263. The molecule has 0 aliphatic rings. The molecule has 1 aromatic heterocycles. The summed E-state index contributed by atoms with van der Waals surface area (Å²) in [7, 11) is 0. The van der Waals surface area contributed by atoms with Crippen LogP contribution in [0.25, 0.3) is 0 Å². The first-order chi connectivity index (χ1) is 7.65. The summed E-state index contributed by atoms with van der Waals surface area (Å²) in [4.78, 5) is 4.99. The highest BCUT2D eigenvalue weighted by atomic mass is 35.5. The van der Waals surface area contributed by atoms with Gasteiger partial charge in [0.05, 0.1) is 10.7 Å². The summed E-state index contributed by atoms with van der Waals surface area (Å²) >= 11 is 7.11. The number of hydrogen-bond donors (Lipinski definition) is 1. The maximum atomic E-state index is 12.7. The van der Waals surface area contributed by atoms with Gasteiger partial charge in [0.25, 0.3) is 0 Å². The van der Waals surface area contributed by atoms with Crippen LogP contribution in [0.4, 0.5) is 10.1 Å². The normalized spacial score (nSPS) is 10.4. The summed E-state index contributed by atoms with van der Waals surface area (Å²) in [6.07, 6.45) is 1.53. The molecular formula is C11H8ClFN2S. The fraction of sp³-hybridized carbons (Fsp3) is 0. The monoisotopic (exact) mass is 254 g/mol. The van der Waals surface area contributed by atoms with Crippen molar-refractivity contribution in [3.05, 3.63) is 47.4 Å². The van der Waals surface area contributed by atoms with Gasteiger partial charge in [-0.3, -0.25) is 0 Å². The molecule has 0 aliphatic carbocycles. The van der Waals surface area contributed by atoms with Crippen LogP contribution < -0.4 is 5.73 Å². The number of nitrogens with two attached hydrogens (primary N) is 1. The maximum absolute atomic E-state index is 12.7. The molecule has 0 aliphatic heterocycles. The molecule has 2 aromatic rings. The van der Waals surface area contributed by atoms with Crippen molar-refractivity contribution in [2.45, 2.75) is 9.92 Å². The molecule has 2 nitrogen and oxygen atoms in total. The van der Waals surface area contributed by atoms with Gasteiger partial charge in [-0.1, -0.05) is 23.4 Å². The van der Waals surface area contributed by atoms with Crippen LogP contribution in [0.3, 0.4) is 0 Å². The predicted octanol–water partition coefficient (Wildman–Crippen LogP) is 3.61. The first-order valence-electron chi connectivity index (χ1n) is 4.49. The molecule has 0 amide bonds. The molecular weight excluding hydrogens is 247 g/mol. The van der Waals surface area contributed by atoms with E-state index < -0.39 is 0 Å². The Labute approximate surface area is 102 Å².